The van der Waals surface area contributed by atoms with Crippen LogP contribution in [0.5, 0.6) is 0 Å². The van der Waals surface area contributed by atoms with E-state index >= 15 is 0 Å². The Bertz CT molecular complexity index is 997. The Morgan fingerprint density at radius 3 is 1.24 bits per heavy atom. The van der Waals surface area contributed by atoms with Crippen LogP contribution >= 0.6 is 0 Å². The largest absolute Gasteiger partial charge is 0.463 e. The first-order valence-electron chi connectivity index (χ1n) is 20.5. The summed E-state index contributed by atoms with van der Waals surface area (Å²) >= 11 is 0. The highest BCUT2D eigenvalue weighted by atomic mass is 16.6. The number of aliphatic hydroxyl groups is 4. The molecule has 0 aromatic carbocycles. The van der Waals surface area contributed by atoms with Gasteiger partial charge in [-0.25, -0.2) is 9.59 Å². The average Bonchev–Trinajstić information content (AvgIpc) is 3.83. The minimum Gasteiger partial charge on any atom is -0.463 e. The lowest BCUT2D eigenvalue weighted by Crippen LogP contribution is -2.54. The van der Waals surface area contributed by atoms with Gasteiger partial charge in [-0.05, 0) is 51.4 Å². The summed E-state index contributed by atoms with van der Waals surface area (Å²) in [4.78, 5) is 25.6. The molecule has 290 valence electrons. The fraction of sp³-hybridized carbons (Fsp3) is 0.950. The van der Waals surface area contributed by atoms with E-state index in [1.165, 1.54) is 126 Å². The maximum absolute atomic E-state index is 12.8. The van der Waals surface area contributed by atoms with Gasteiger partial charge < -0.3 is 38.9 Å². The number of quaternary nitrogens is 2. The van der Waals surface area contributed by atoms with Crippen molar-refractivity contribution < 1.29 is 48.5 Å². The van der Waals surface area contributed by atoms with E-state index in [-0.39, 0.29) is 0 Å². The average molecular weight is 711 g/mol. The van der Waals surface area contributed by atoms with Crippen molar-refractivity contribution in [3.05, 3.63) is 0 Å². The van der Waals surface area contributed by atoms with Gasteiger partial charge in [0.15, 0.2) is 11.2 Å². The predicted octanol–water partition coefficient (Wildman–Crippen LogP) is 4.73. The summed E-state index contributed by atoms with van der Waals surface area (Å²) in [5.74, 6) is -1.55. The number of esters is 2. The third-order valence-electron chi connectivity index (χ3n) is 14.1. The monoisotopic (exact) mass is 711 g/mol. The highest BCUT2D eigenvalue weighted by Gasteiger charge is 2.54. The van der Waals surface area contributed by atoms with Crippen LogP contribution in [0.15, 0.2) is 0 Å². The highest BCUT2D eigenvalue weighted by Crippen LogP contribution is 2.42. The quantitative estimate of drug-likeness (QED) is 0.0764. The van der Waals surface area contributed by atoms with Crippen LogP contribution in [0, 0.1) is 23.7 Å². The number of nitrogens with zero attached hydrogens (tertiary/aromatic N) is 2. The summed E-state index contributed by atoms with van der Waals surface area (Å²) in [6, 6.07) is 1.09. The van der Waals surface area contributed by atoms with Crippen LogP contribution in [0.1, 0.15) is 131 Å². The first kappa shape index (κ1) is 41.5. The van der Waals surface area contributed by atoms with Gasteiger partial charge in [0.1, 0.15) is 13.2 Å². The molecule has 4 heterocycles. The van der Waals surface area contributed by atoms with Gasteiger partial charge in [0.2, 0.25) is 0 Å². The molecule has 10 unspecified atom stereocenters. The van der Waals surface area contributed by atoms with E-state index in [1.807, 2.05) is 0 Å². The van der Waals surface area contributed by atoms with Gasteiger partial charge in [0.25, 0.3) is 0 Å². The van der Waals surface area contributed by atoms with Crippen LogP contribution in [-0.2, 0) is 19.1 Å². The predicted molar refractivity (Wildman–Crippen MR) is 194 cm³/mol. The van der Waals surface area contributed by atoms with Crippen molar-refractivity contribution in [2.45, 2.75) is 167 Å². The Kier molecular flexibility index (Phi) is 14.7. The zero-order valence-electron chi connectivity index (χ0n) is 32.5. The zero-order chi connectivity index (χ0) is 36.7. The number of unbranched alkanes of at least 4 members (excludes halogenated alkanes) is 7. The molecular weight excluding hydrogens is 636 g/mol. The summed E-state index contributed by atoms with van der Waals surface area (Å²) in [6.07, 6.45) is 14.9. The third-order valence-corrected chi connectivity index (χ3v) is 14.1. The van der Waals surface area contributed by atoms with Crippen LogP contribution in [0.3, 0.4) is 0 Å². The normalized spacial score (nSPS) is 32.8. The molecule has 4 fully saturated rings. The molecule has 4 rings (SSSR count). The summed E-state index contributed by atoms with van der Waals surface area (Å²) in [5.41, 5.74) is -3.72. The molecule has 10 atom stereocenters. The number of hydrogen-bond acceptors (Lipinski definition) is 8. The molecule has 0 radical (unpaired) electrons. The maximum atomic E-state index is 12.8. The minimum atomic E-state index is -1.86. The van der Waals surface area contributed by atoms with Crippen molar-refractivity contribution in [3.63, 3.8) is 0 Å². The number of ether oxygens (including phenoxy) is 2. The lowest BCUT2D eigenvalue weighted by atomic mass is 9.85. The summed E-state index contributed by atoms with van der Waals surface area (Å²) < 4.78 is 13.7. The molecule has 0 saturated carbocycles. The van der Waals surface area contributed by atoms with Gasteiger partial charge in [-0.15, -0.1) is 0 Å². The summed E-state index contributed by atoms with van der Waals surface area (Å²) in [5, 5.41) is 41.8. The standard InChI is InChI=1S/C40H74N2O8/c1-29(2)39(47,31(5)43)37(45)49-27-33-19-25-41(23-15-17-35(33)41)21-13-11-9-7-8-10-12-14-22-42-24-16-18-36(42)34(20-26-42)28-50-38(46)40(48,30(3)4)32(6)44/h29-36,43-44,47-48H,7-28H2,1-6H3/q+2. The van der Waals surface area contributed by atoms with Crippen LogP contribution in [-0.4, -0.2) is 129 Å². The van der Waals surface area contributed by atoms with Crippen molar-refractivity contribution in [2.75, 3.05) is 52.5 Å². The molecule has 50 heavy (non-hydrogen) atoms. The topological polar surface area (TPSA) is 134 Å². The smallest absolute Gasteiger partial charge is 0.341 e. The van der Waals surface area contributed by atoms with Crippen molar-refractivity contribution in [1.29, 1.82) is 0 Å². The Labute approximate surface area is 303 Å². The number of fused-ring (bicyclic) bond motifs is 2. The Hall–Kier alpha value is -1.30. The molecule has 4 aliphatic heterocycles. The van der Waals surface area contributed by atoms with E-state index in [2.05, 4.69) is 0 Å². The lowest BCUT2D eigenvalue weighted by molar-refractivity contribution is -0.929. The van der Waals surface area contributed by atoms with Gasteiger partial charge in [-0.2, -0.15) is 0 Å². The lowest BCUT2D eigenvalue weighted by Gasteiger charge is -2.36. The van der Waals surface area contributed by atoms with Crippen LogP contribution in [0.25, 0.3) is 0 Å². The van der Waals surface area contributed by atoms with E-state index < -0.39 is 47.2 Å². The van der Waals surface area contributed by atoms with Gasteiger partial charge >= 0.3 is 11.9 Å². The van der Waals surface area contributed by atoms with E-state index in [0.29, 0.717) is 37.1 Å². The molecule has 4 N–H and O–H groups in total. The zero-order valence-corrected chi connectivity index (χ0v) is 32.5. The molecule has 0 aromatic rings. The van der Waals surface area contributed by atoms with Gasteiger partial charge in [-0.3, -0.25) is 0 Å². The number of hydrogen-bond donors (Lipinski definition) is 4. The fourth-order valence-corrected chi connectivity index (χ4v) is 10.7. The van der Waals surface area contributed by atoms with Gasteiger partial charge in [0, 0.05) is 38.5 Å². The fourth-order valence-electron chi connectivity index (χ4n) is 10.7. The molecule has 10 nitrogen and oxygen atoms in total. The van der Waals surface area contributed by atoms with Crippen molar-refractivity contribution in [1.82, 2.24) is 0 Å². The third kappa shape index (κ3) is 8.73. The van der Waals surface area contributed by atoms with E-state index in [9.17, 15) is 30.0 Å². The molecule has 4 aliphatic rings. The first-order chi connectivity index (χ1) is 23.6. The number of carbonyl (C=O) groups excluding carboxylic acids is 2. The number of rotatable bonds is 21. The van der Waals surface area contributed by atoms with Crippen molar-refractivity contribution >= 4 is 11.9 Å². The summed E-state index contributed by atoms with van der Waals surface area (Å²) in [7, 11) is 0. The maximum Gasteiger partial charge on any atom is 0.341 e. The van der Waals surface area contributed by atoms with E-state index in [1.54, 1.807) is 27.7 Å². The molecule has 0 amide bonds. The SMILES string of the molecule is CC(C)C(O)(C(=O)OCC1CC[N+]2(CCCCCCCCCC[N+]34CCCC3C(COC(=O)C(O)(C(C)C)C(C)O)CC4)CCCC12)C(C)O. The highest BCUT2D eigenvalue weighted by molar-refractivity contribution is 5.81. The molecule has 0 bridgehead atoms. The van der Waals surface area contributed by atoms with Crippen LogP contribution in [0.4, 0.5) is 0 Å². The Morgan fingerprint density at radius 2 is 0.920 bits per heavy atom. The first-order valence-corrected chi connectivity index (χ1v) is 20.5. The van der Waals surface area contributed by atoms with Crippen LogP contribution < -0.4 is 0 Å². The number of aliphatic hydroxyl groups excluding tert-OH is 2. The number of carbonyl (C=O) groups is 2. The molecule has 0 spiro atoms. The van der Waals surface area contributed by atoms with Crippen molar-refractivity contribution in [2.24, 2.45) is 23.7 Å². The molecule has 0 aromatic heterocycles. The second-order valence-electron chi connectivity index (χ2n) is 17.6. The second-order valence-corrected chi connectivity index (χ2v) is 17.6. The molecule has 4 saturated heterocycles. The Balaban J connectivity index is 1.08. The van der Waals surface area contributed by atoms with E-state index in [0.717, 1.165) is 25.9 Å². The Morgan fingerprint density at radius 1 is 0.580 bits per heavy atom. The molecular formula is C40H74N2O8+2. The molecule has 10 heteroatoms. The van der Waals surface area contributed by atoms with E-state index in [4.69, 9.17) is 9.47 Å². The van der Waals surface area contributed by atoms with Crippen LogP contribution in [0.2, 0.25) is 0 Å². The van der Waals surface area contributed by atoms with Gasteiger partial charge in [-0.1, -0.05) is 53.4 Å². The molecule has 0 aliphatic carbocycles. The van der Waals surface area contributed by atoms with Crippen molar-refractivity contribution in [3.8, 4) is 0 Å². The second kappa shape index (κ2) is 17.7. The van der Waals surface area contributed by atoms with Gasteiger partial charge in [0.05, 0.1) is 75.4 Å². The summed E-state index contributed by atoms with van der Waals surface area (Å²) in [6.45, 7) is 17.8. The minimum absolute atomic E-state index is 0.337.